The Balaban J connectivity index is 1.81. The van der Waals surface area contributed by atoms with Crippen LogP contribution in [-0.4, -0.2) is 5.16 Å². The average Bonchev–Trinajstić information content (AvgIpc) is 2.86. The van der Waals surface area contributed by atoms with Crippen LogP contribution < -0.4 is 0 Å². The molecule has 116 valence electrons. The molecule has 3 fully saturated rings. The Labute approximate surface area is 131 Å². The fraction of sp³-hybridized carbons (Fsp3) is 0.357. The highest BCUT2D eigenvalue weighted by molar-refractivity contribution is 7.51. The van der Waals surface area contributed by atoms with E-state index in [9.17, 15) is 4.57 Å². The lowest BCUT2D eigenvalue weighted by Crippen LogP contribution is -2.54. The highest BCUT2D eigenvalue weighted by Crippen LogP contribution is 2.83. The van der Waals surface area contributed by atoms with E-state index in [1.807, 2.05) is 32.0 Å². The minimum Gasteiger partial charge on any atom is -0.352 e. The Morgan fingerprint density at radius 1 is 1.23 bits per heavy atom. The van der Waals surface area contributed by atoms with E-state index in [0.717, 1.165) is 23.1 Å². The molecule has 3 aliphatic rings. The molecule has 3 saturated heterocycles. The minimum atomic E-state index is -3.27. The number of phosphoric ester groups is 1. The van der Waals surface area contributed by atoms with Gasteiger partial charge in [0.15, 0.2) is 0 Å². The van der Waals surface area contributed by atoms with Crippen molar-refractivity contribution in [3.63, 3.8) is 0 Å². The number of hydrogen-bond donors (Lipinski definition) is 0. The molecule has 4 heterocycles. The number of benzene rings is 1. The molecule has 2 aromatic rings. The van der Waals surface area contributed by atoms with Crippen molar-refractivity contribution in [2.45, 2.75) is 32.7 Å². The van der Waals surface area contributed by atoms with Crippen LogP contribution in [0.3, 0.4) is 0 Å². The molecule has 0 atom stereocenters. The molecule has 0 radical (unpaired) electrons. The Kier molecular flexibility index (Phi) is 3.06. The number of hydrogen-bond acceptors (Lipinski definition) is 6. The van der Waals surface area contributed by atoms with Gasteiger partial charge in [0.25, 0.3) is 0 Å². The van der Waals surface area contributed by atoms with E-state index in [2.05, 4.69) is 5.16 Å². The van der Waals surface area contributed by atoms with Gasteiger partial charge in [0, 0.05) is 16.1 Å². The van der Waals surface area contributed by atoms with Gasteiger partial charge in [0.2, 0.25) is 5.76 Å². The highest BCUT2D eigenvalue weighted by Gasteiger charge is 2.78. The first kappa shape index (κ1) is 14.4. The molecule has 0 spiro atoms. The van der Waals surface area contributed by atoms with Gasteiger partial charge in [-0.3, -0.25) is 0 Å². The first-order valence-electron chi connectivity index (χ1n) is 7.00. The maximum Gasteiger partial charge on any atom is 0.489 e. The summed E-state index contributed by atoms with van der Waals surface area (Å²) in [5, 5.41) is 4.82. The zero-order valence-corrected chi connectivity index (χ0v) is 13.6. The molecule has 1 aromatic heterocycles. The summed E-state index contributed by atoms with van der Waals surface area (Å²) in [6, 6.07) is 5.63. The van der Waals surface area contributed by atoms with Crippen molar-refractivity contribution in [1.82, 2.24) is 5.16 Å². The predicted octanol–water partition coefficient (Wildman–Crippen LogP) is 4.42. The maximum absolute atomic E-state index is 11.4. The third kappa shape index (κ3) is 1.85. The number of rotatable bonds is 4. The molecule has 0 N–H and O–H groups in total. The molecule has 8 heteroatoms. The molecule has 0 unspecified atom stereocenters. The van der Waals surface area contributed by atoms with Crippen molar-refractivity contribution in [1.29, 1.82) is 0 Å². The van der Waals surface area contributed by atoms with Crippen molar-refractivity contribution in [3.05, 3.63) is 40.1 Å². The third-order valence-corrected chi connectivity index (χ3v) is 5.45. The van der Waals surface area contributed by atoms with Gasteiger partial charge < -0.3 is 4.52 Å². The average molecular weight is 342 g/mol. The standard InChI is InChI=1S/C14H13ClNO5P/c1-3-8-7-9(15)5-6-11(8)12-10(4-2)13(18-16-12)14-19-22(17,20-14)21-14/h5-7H,3-4H2,1-2H3. The first-order valence-corrected chi connectivity index (χ1v) is 8.84. The topological polar surface area (TPSA) is 70.8 Å². The van der Waals surface area contributed by atoms with Crippen LogP contribution in [0.1, 0.15) is 30.7 Å². The number of phosphoric acid groups is 1. The zero-order chi connectivity index (χ0) is 15.5. The molecule has 2 bridgehead atoms. The monoisotopic (exact) mass is 341 g/mol. The van der Waals surface area contributed by atoms with Crippen LogP contribution in [-0.2, 0) is 37.0 Å². The lowest BCUT2D eigenvalue weighted by molar-refractivity contribution is -0.449. The molecular formula is C14H13ClNO5P. The van der Waals surface area contributed by atoms with Crippen molar-refractivity contribution in [2.75, 3.05) is 0 Å². The summed E-state index contributed by atoms with van der Waals surface area (Å²) in [7, 11) is -3.27. The quantitative estimate of drug-likeness (QED) is 0.767. The van der Waals surface area contributed by atoms with E-state index >= 15 is 0 Å². The fourth-order valence-electron chi connectivity index (χ4n) is 2.76. The van der Waals surface area contributed by atoms with Crippen LogP contribution in [0, 0.1) is 0 Å². The smallest absolute Gasteiger partial charge is 0.352 e. The lowest BCUT2D eigenvalue weighted by Gasteiger charge is -2.53. The van der Waals surface area contributed by atoms with Crippen LogP contribution in [0.5, 0.6) is 0 Å². The van der Waals surface area contributed by atoms with Gasteiger partial charge in [-0.1, -0.05) is 36.7 Å². The lowest BCUT2D eigenvalue weighted by atomic mass is 9.97. The maximum atomic E-state index is 11.4. The van der Waals surface area contributed by atoms with Gasteiger partial charge in [0.05, 0.1) is 0 Å². The molecule has 0 amide bonds. The van der Waals surface area contributed by atoms with Crippen molar-refractivity contribution in [3.8, 4) is 11.3 Å². The molecule has 1 aromatic carbocycles. The zero-order valence-electron chi connectivity index (χ0n) is 12.0. The summed E-state index contributed by atoms with van der Waals surface area (Å²) in [5.41, 5.74) is 3.51. The summed E-state index contributed by atoms with van der Waals surface area (Å²) in [6.07, 6.45) is 1.45. The van der Waals surface area contributed by atoms with E-state index < -0.39 is 13.8 Å². The number of aromatic nitrogens is 1. The summed E-state index contributed by atoms with van der Waals surface area (Å²) in [4.78, 5) is 0. The Morgan fingerprint density at radius 3 is 2.55 bits per heavy atom. The van der Waals surface area contributed by atoms with Gasteiger partial charge >= 0.3 is 13.8 Å². The van der Waals surface area contributed by atoms with E-state index in [4.69, 9.17) is 29.7 Å². The van der Waals surface area contributed by atoms with Crippen molar-refractivity contribution >= 4 is 19.4 Å². The normalized spacial score (nSPS) is 29.0. The van der Waals surface area contributed by atoms with E-state index in [0.29, 0.717) is 22.9 Å². The van der Waals surface area contributed by atoms with Gasteiger partial charge in [-0.2, -0.15) is 0 Å². The van der Waals surface area contributed by atoms with Gasteiger partial charge in [-0.15, -0.1) is 0 Å². The molecular weight excluding hydrogens is 329 g/mol. The van der Waals surface area contributed by atoms with Crippen molar-refractivity contribution < 1.29 is 22.7 Å². The number of nitrogens with zero attached hydrogens (tertiary/aromatic N) is 1. The van der Waals surface area contributed by atoms with Gasteiger partial charge in [-0.25, -0.2) is 18.1 Å². The van der Waals surface area contributed by atoms with Crippen LogP contribution in [0.25, 0.3) is 11.3 Å². The molecule has 5 rings (SSSR count). The van der Waals surface area contributed by atoms with Gasteiger partial charge in [0.1, 0.15) is 5.69 Å². The first-order chi connectivity index (χ1) is 10.5. The van der Waals surface area contributed by atoms with Gasteiger partial charge in [-0.05, 0) is 30.5 Å². The Hall–Kier alpha value is -1.17. The Morgan fingerprint density at radius 2 is 1.95 bits per heavy atom. The largest absolute Gasteiger partial charge is 0.489 e. The van der Waals surface area contributed by atoms with E-state index in [1.54, 1.807) is 0 Å². The third-order valence-electron chi connectivity index (χ3n) is 3.82. The molecule has 6 nitrogen and oxygen atoms in total. The van der Waals surface area contributed by atoms with Crippen molar-refractivity contribution in [2.24, 2.45) is 0 Å². The molecule has 22 heavy (non-hydrogen) atoms. The summed E-state index contributed by atoms with van der Waals surface area (Å²) < 4.78 is 32.1. The SMILES string of the molecule is CCc1cc(Cl)ccc1-c1noc(C23OP(=O)(O2)O3)c1CC. The Bertz CT molecular complexity index is 791. The van der Waals surface area contributed by atoms with Crippen LogP contribution in [0.2, 0.25) is 5.02 Å². The second kappa shape index (κ2) is 4.66. The molecule has 0 saturated carbocycles. The number of halogens is 1. The van der Waals surface area contributed by atoms with E-state index in [-0.39, 0.29) is 0 Å². The second-order valence-corrected chi connectivity index (χ2v) is 7.00. The summed E-state index contributed by atoms with van der Waals surface area (Å²) in [6.45, 7) is 4.01. The molecule has 0 aliphatic carbocycles. The van der Waals surface area contributed by atoms with Crippen LogP contribution in [0.4, 0.5) is 0 Å². The summed E-state index contributed by atoms with van der Waals surface area (Å²) in [5.74, 6) is -1.15. The fourth-order valence-corrected chi connectivity index (χ4v) is 4.13. The minimum absolute atomic E-state index is 0.319. The van der Waals surface area contributed by atoms with Crippen LogP contribution >= 0.6 is 19.4 Å². The summed E-state index contributed by atoms with van der Waals surface area (Å²) >= 11 is 6.05. The van der Waals surface area contributed by atoms with Crippen LogP contribution in [0.15, 0.2) is 22.7 Å². The predicted molar refractivity (Wildman–Crippen MR) is 78.2 cm³/mol. The second-order valence-electron chi connectivity index (χ2n) is 5.12. The number of aryl methyl sites for hydroxylation is 1. The highest BCUT2D eigenvalue weighted by atomic mass is 35.5. The van der Waals surface area contributed by atoms with E-state index in [1.165, 1.54) is 0 Å². The molecule has 3 aliphatic heterocycles.